The van der Waals surface area contributed by atoms with Crippen molar-refractivity contribution in [3.8, 4) is 0 Å². The van der Waals surface area contributed by atoms with Crippen LogP contribution in [0.3, 0.4) is 0 Å². The molecule has 0 aromatic rings. The Kier molecular flexibility index (Phi) is 4.55. The van der Waals surface area contributed by atoms with Crippen LogP contribution < -0.4 is 0 Å². The van der Waals surface area contributed by atoms with Gasteiger partial charge >= 0.3 is 0 Å². The average Bonchev–Trinajstić information content (AvgIpc) is 2.23. The first-order valence-corrected chi connectivity index (χ1v) is 6.10. The molecule has 16 heavy (non-hydrogen) atoms. The van der Waals surface area contributed by atoms with Crippen LogP contribution in [0.5, 0.6) is 0 Å². The zero-order valence-electron chi connectivity index (χ0n) is 10.8. The van der Waals surface area contributed by atoms with Crippen LogP contribution in [0.2, 0.25) is 0 Å². The zero-order valence-corrected chi connectivity index (χ0v) is 10.8. The predicted molar refractivity (Wildman–Crippen MR) is 70.3 cm³/mol. The highest BCUT2D eigenvalue weighted by Crippen LogP contribution is 2.26. The largest absolute Gasteiger partial charge is 0.389 e. The summed E-state index contributed by atoms with van der Waals surface area (Å²) in [5.74, 6) is 0. The van der Waals surface area contributed by atoms with Gasteiger partial charge in [-0.1, -0.05) is 44.2 Å². The number of hydrogen-bond donors (Lipinski definition) is 1. The molecule has 0 spiro atoms. The van der Waals surface area contributed by atoms with Crippen LogP contribution in [0.1, 0.15) is 46.5 Å². The molecule has 1 unspecified atom stereocenters. The lowest BCUT2D eigenvalue weighted by atomic mass is 9.87. The predicted octanol–water partition coefficient (Wildman–Crippen LogP) is 4.01. The molecule has 1 atom stereocenters. The highest BCUT2D eigenvalue weighted by molar-refractivity contribution is 5.13. The van der Waals surface area contributed by atoms with E-state index in [1.807, 2.05) is 0 Å². The Bertz CT molecular complexity index is 307. The molecule has 0 saturated carbocycles. The highest BCUT2D eigenvalue weighted by Gasteiger charge is 2.14. The van der Waals surface area contributed by atoms with Gasteiger partial charge in [-0.3, -0.25) is 0 Å². The fourth-order valence-electron chi connectivity index (χ4n) is 1.84. The van der Waals surface area contributed by atoms with Crippen molar-refractivity contribution in [3.05, 3.63) is 36.0 Å². The van der Waals surface area contributed by atoms with Crippen molar-refractivity contribution in [1.82, 2.24) is 0 Å². The minimum atomic E-state index is -0.353. The van der Waals surface area contributed by atoms with E-state index in [2.05, 4.69) is 45.6 Å². The summed E-state index contributed by atoms with van der Waals surface area (Å²) in [6.45, 7) is 10.6. The van der Waals surface area contributed by atoms with Crippen molar-refractivity contribution in [3.63, 3.8) is 0 Å². The van der Waals surface area contributed by atoms with Gasteiger partial charge in [0.2, 0.25) is 0 Å². The zero-order chi connectivity index (χ0) is 12.2. The molecule has 0 aliphatic heterocycles. The fourth-order valence-corrected chi connectivity index (χ4v) is 1.84. The fraction of sp³-hybridized carbons (Fsp3) is 0.600. The van der Waals surface area contributed by atoms with Crippen LogP contribution in [0, 0.1) is 5.41 Å². The molecule has 0 aromatic heterocycles. The molecule has 0 amide bonds. The van der Waals surface area contributed by atoms with Gasteiger partial charge in [-0.05, 0) is 43.6 Å². The van der Waals surface area contributed by atoms with E-state index in [-0.39, 0.29) is 11.5 Å². The van der Waals surface area contributed by atoms with Crippen molar-refractivity contribution in [2.24, 2.45) is 5.41 Å². The van der Waals surface area contributed by atoms with Crippen LogP contribution in [0.4, 0.5) is 0 Å². The molecule has 1 heteroatoms. The summed E-state index contributed by atoms with van der Waals surface area (Å²) >= 11 is 0. The Hall–Kier alpha value is -0.820. The Morgan fingerprint density at radius 3 is 2.81 bits per heavy atom. The van der Waals surface area contributed by atoms with Crippen molar-refractivity contribution in [2.45, 2.75) is 52.6 Å². The Morgan fingerprint density at radius 2 is 2.12 bits per heavy atom. The first kappa shape index (κ1) is 13.2. The third kappa shape index (κ3) is 4.36. The number of rotatable bonds is 0. The highest BCUT2D eigenvalue weighted by atomic mass is 16.3. The summed E-state index contributed by atoms with van der Waals surface area (Å²) in [6, 6.07) is 0. The van der Waals surface area contributed by atoms with Crippen LogP contribution in [0.25, 0.3) is 0 Å². The quantitative estimate of drug-likeness (QED) is 0.612. The second-order valence-electron chi connectivity index (χ2n) is 5.56. The molecule has 1 N–H and O–H groups in total. The van der Waals surface area contributed by atoms with Crippen molar-refractivity contribution in [1.29, 1.82) is 0 Å². The molecule has 0 heterocycles. The molecular weight excluding hydrogens is 196 g/mol. The van der Waals surface area contributed by atoms with Gasteiger partial charge in [0.15, 0.2) is 0 Å². The minimum Gasteiger partial charge on any atom is -0.389 e. The SMILES string of the molecule is C=C1CC=CC(C)(C)CC=C(C)CCC1O. The molecule has 0 radical (unpaired) electrons. The monoisotopic (exact) mass is 220 g/mol. The minimum absolute atomic E-state index is 0.205. The van der Waals surface area contributed by atoms with Crippen LogP contribution in [0.15, 0.2) is 36.0 Å². The van der Waals surface area contributed by atoms with Crippen molar-refractivity contribution < 1.29 is 5.11 Å². The summed E-state index contributed by atoms with van der Waals surface area (Å²) in [5, 5.41) is 9.88. The lowest BCUT2D eigenvalue weighted by molar-refractivity contribution is 0.199. The molecule has 1 rings (SSSR count). The van der Waals surface area contributed by atoms with E-state index in [1.165, 1.54) is 5.57 Å². The first-order valence-electron chi connectivity index (χ1n) is 6.10. The van der Waals surface area contributed by atoms with Crippen LogP contribution in [-0.2, 0) is 0 Å². The summed E-state index contributed by atoms with van der Waals surface area (Å²) < 4.78 is 0. The normalized spacial score (nSPS) is 27.1. The maximum Gasteiger partial charge on any atom is 0.0753 e. The van der Waals surface area contributed by atoms with E-state index in [9.17, 15) is 5.11 Å². The Balaban J connectivity index is 2.81. The van der Waals surface area contributed by atoms with Gasteiger partial charge < -0.3 is 5.11 Å². The number of hydrogen-bond acceptors (Lipinski definition) is 1. The Labute approximate surface area is 99.6 Å². The van der Waals surface area contributed by atoms with Gasteiger partial charge in [0.05, 0.1) is 6.10 Å². The first-order chi connectivity index (χ1) is 7.41. The number of aliphatic hydroxyl groups excluding tert-OH is 1. The molecule has 0 fully saturated rings. The second-order valence-corrected chi connectivity index (χ2v) is 5.56. The molecule has 0 bridgehead atoms. The van der Waals surface area contributed by atoms with Crippen molar-refractivity contribution >= 4 is 0 Å². The van der Waals surface area contributed by atoms with Gasteiger partial charge in [-0.25, -0.2) is 0 Å². The van der Waals surface area contributed by atoms with Crippen LogP contribution >= 0.6 is 0 Å². The maximum atomic E-state index is 9.88. The Morgan fingerprint density at radius 1 is 1.44 bits per heavy atom. The molecule has 0 saturated heterocycles. The van der Waals surface area contributed by atoms with Crippen molar-refractivity contribution in [2.75, 3.05) is 0 Å². The topological polar surface area (TPSA) is 20.2 Å². The van der Waals surface area contributed by atoms with Gasteiger partial charge in [0.25, 0.3) is 0 Å². The third-order valence-electron chi connectivity index (χ3n) is 3.21. The summed E-state index contributed by atoms with van der Waals surface area (Å²) in [7, 11) is 0. The smallest absolute Gasteiger partial charge is 0.0753 e. The number of aliphatic hydroxyl groups is 1. The van der Waals surface area contributed by atoms with E-state index >= 15 is 0 Å². The lowest BCUT2D eigenvalue weighted by Gasteiger charge is -2.18. The second kappa shape index (κ2) is 5.49. The van der Waals surface area contributed by atoms with Gasteiger partial charge in [0.1, 0.15) is 0 Å². The molecule has 1 nitrogen and oxygen atoms in total. The average molecular weight is 220 g/mol. The van der Waals surface area contributed by atoms with Crippen LogP contribution in [-0.4, -0.2) is 11.2 Å². The maximum absolute atomic E-state index is 9.88. The van der Waals surface area contributed by atoms with E-state index < -0.39 is 0 Å². The van der Waals surface area contributed by atoms with Gasteiger partial charge in [-0.2, -0.15) is 0 Å². The van der Waals surface area contributed by atoms with Gasteiger partial charge in [0, 0.05) is 0 Å². The number of allylic oxidation sites excluding steroid dienone is 4. The molecule has 1 aliphatic rings. The molecular formula is C15H24O. The standard InChI is InChI=1S/C15H24O/c1-12-7-8-14(16)13(2)6-5-10-15(3,4)11-9-12/h5,9-10,14,16H,2,6-8,11H2,1,3-4H3. The lowest BCUT2D eigenvalue weighted by Crippen LogP contribution is -2.08. The summed E-state index contributed by atoms with van der Waals surface area (Å²) in [4.78, 5) is 0. The third-order valence-corrected chi connectivity index (χ3v) is 3.21. The van der Waals surface area contributed by atoms with E-state index in [1.54, 1.807) is 0 Å². The molecule has 0 aromatic carbocycles. The van der Waals surface area contributed by atoms with Gasteiger partial charge in [-0.15, -0.1) is 0 Å². The molecule has 90 valence electrons. The summed E-state index contributed by atoms with van der Waals surface area (Å²) in [5.41, 5.74) is 2.51. The van der Waals surface area contributed by atoms with E-state index in [4.69, 9.17) is 0 Å². The van der Waals surface area contributed by atoms with E-state index in [0.29, 0.717) is 0 Å². The molecule has 1 aliphatic carbocycles. The van der Waals surface area contributed by atoms with E-state index in [0.717, 1.165) is 31.3 Å². The summed E-state index contributed by atoms with van der Waals surface area (Å²) in [6.07, 6.45) is 9.95.